The minimum atomic E-state index is -0.476. The van der Waals surface area contributed by atoms with Crippen LogP contribution in [0, 0.1) is 6.92 Å². The second-order valence-corrected chi connectivity index (χ2v) is 5.91. The predicted octanol–water partition coefficient (Wildman–Crippen LogP) is 3.41. The molecule has 1 aromatic heterocycles. The summed E-state index contributed by atoms with van der Waals surface area (Å²) in [6, 6.07) is 6.06. The summed E-state index contributed by atoms with van der Waals surface area (Å²) in [4.78, 5) is 11.5. The monoisotopic (exact) mass is 287 g/mol. The molecular formula is C16H21N3O2. The SMILES string of the molecule is Cc1[nH]nc2cc(C=CCNC(=O)OC(C)(C)C)ccc12. The van der Waals surface area contributed by atoms with Gasteiger partial charge < -0.3 is 10.1 Å². The molecule has 5 nitrogen and oxygen atoms in total. The van der Waals surface area contributed by atoms with Gasteiger partial charge in [0.15, 0.2) is 0 Å². The standard InChI is InChI=1S/C16H21N3O2/c1-11-13-8-7-12(10-14(13)19-18-11)6-5-9-17-15(20)21-16(2,3)4/h5-8,10H,9H2,1-4H3,(H,17,20)(H,18,19). The maximum absolute atomic E-state index is 11.5. The van der Waals surface area contributed by atoms with Gasteiger partial charge in [0.1, 0.15) is 5.60 Å². The molecule has 0 radical (unpaired) electrons. The summed E-state index contributed by atoms with van der Waals surface area (Å²) >= 11 is 0. The van der Waals surface area contributed by atoms with Crippen molar-refractivity contribution in [1.29, 1.82) is 0 Å². The smallest absolute Gasteiger partial charge is 0.407 e. The molecule has 0 spiro atoms. The van der Waals surface area contributed by atoms with Crippen LogP contribution in [0.15, 0.2) is 24.3 Å². The quantitative estimate of drug-likeness (QED) is 0.909. The van der Waals surface area contributed by atoms with Gasteiger partial charge in [0.05, 0.1) is 5.52 Å². The number of carbonyl (C=O) groups excluding carboxylic acids is 1. The van der Waals surface area contributed by atoms with E-state index in [4.69, 9.17) is 4.74 Å². The number of fused-ring (bicyclic) bond motifs is 1. The number of hydrogen-bond donors (Lipinski definition) is 2. The van der Waals surface area contributed by atoms with E-state index in [0.717, 1.165) is 22.2 Å². The number of rotatable bonds is 3. The van der Waals surface area contributed by atoms with Gasteiger partial charge in [-0.3, -0.25) is 5.10 Å². The van der Waals surface area contributed by atoms with Crippen LogP contribution in [0.4, 0.5) is 4.79 Å². The second kappa shape index (κ2) is 5.99. The molecule has 0 aliphatic heterocycles. The van der Waals surface area contributed by atoms with E-state index >= 15 is 0 Å². The average molecular weight is 287 g/mol. The summed E-state index contributed by atoms with van der Waals surface area (Å²) in [6.07, 6.45) is 3.41. The van der Waals surface area contributed by atoms with E-state index < -0.39 is 11.7 Å². The van der Waals surface area contributed by atoms with Crippen molar-refractivity contribution in [1.82, 2.24) is 15.5 Å². The topological polar surface area (TPSA) is 67.0 Å². The first-order valence-electron chi connectivity index (χ1n) is 6.93. The fraction of sp³-hybridized carbons (Fsp3) is 0.375. The summed E-state index contributed by atoms with van der Waals surface area (Å²) < 4.78 is 5.15. The van der Waals surface area contributed by atoms with Crippen molar-refractivity contribution in [3.63, 3.8) is 0 Å². The molecule has 0 saturated heterocycles. The van der Waals surface area contributed by atoms with E-state index in [9.17, 15) is 4.79 Å². The lowest BCUT2D eigenvalue weighted by Gasteiger charge is -2.19. The van der Waals surface area contributed by atoms with Crippen molar-refractivity contribution in [3.8, 4) is 0 Å². The lowest BCUT2D eigenvalue weighted by Crippen LogP contribution is -2.32. The van der Waals surface area contributed by atoms with Gasteiger partial charge in [-0.1, -0.05) is 24.3 Å². The van der Waals surface area contributed by atoms with Crippen molar-refractivity contribution in [2.75, 3.05) is 6.54 Å². The number of aromatic nitrogens is 2. The summed E-state index contributed by atoms with van der Waals surface area (Å²) in [7, 11) is 0. The van der Waals surface area contributed by atoms with Crippen molar-refractivity contribution < 1.29 is 9.53 Å². The van der Waals surface area contributed by atoms with Gasteiger partial charge in [0.2, 0.25) is 0 Å². The molecule has 2 aromatic rings. The Kier molecular flexibility index (Phi) is 4.31. The van der Waals surface area contributed by atoms with Gasteiger partial charge in [-0.05, 0) is 39.3 Å². The molecule has 0 saturated carbocycles. The van der Waals surface area contributed by atoms with Crippen LogP contribution in [-0.4, -0.2) is 28.4 Å². The molecule has 112 valence electrons. The third-order valence-electron chi connectivity index (χ3n) is 2.84. The van der Waals surface area contributed by atoms with Crippen LogP contribution in [0.25, 0.3) is 17.0 Å². The summed E-state index contributed by atoms with van der Waals surface area (Å²) in [5, 5.41) is 11.0. The highest BCUT2D eigenvalue weighted by Gasteiger charge is 2.14. The number of H-pyrrole nitrogens is 1. The van der Waals surface area contributed by atoms with Crippen LogP contribution < -0.4 is 5.32 Å². The molecule has 0 bridgehead atoms. The van der Waals surface area contributed by atoms with E-state index in [2.05, 4.69) is 15.5 Å². The maximum Gasteiger partial charge on any atom is 0.407 e. The van der Waals surface area contributed by atoms with Gasteiger partial charge in [0.25, 0.3) is 0 Å². The van der Waals surface area contributed by atoms with Crippen LogP contribution >= 0.6 is 0 Å². The number of benzene rings is 1. The first-order valence-corrected chi connectivity index (χ1v) is 6.93. The van der Waals surface area contributed by atoms with Gasteiger partial charge in [0, 0.05) is 17.6 Å². The summed E-state index contributed by atoms with van der Waals surface area (Å²) in [6.45, 7) is 7.93. The largest absolute Gasteiger partial charge is 0.444 e. The highest BCUT2D eigenvalue weighted by atomic mass is 16.6. The molecular weight excluding hydrogens is 266 g/mol. The fourth-order valence-corrected chi connectivity index (χ4v) is 1.92. The second-order valence-electron chi connectivity index (χ2n) is 5.91. The van der Waals surface area contributed by atoms with Crippen molar-refractivity contribution >= 4 is 23.1 Å². The maximum atomic E-state index is 11.5. The third kappa shape index (κ3) is 4.34. The zero-order valence-electron chi connectivity index (χ0n) is 12.9. The Balaban J connectivity index is 1.90. The van der Waals surface area contributed by atoms with Crippen LogP contribution in [0.5, 0.6) is 0 Å². The number of amides is 1. The van der Waals surface area contributed by atoms with E-state index in [0.29, 0.717) is 6.54 Å². The van der Waals surface area contributed by atoms with Crippen molar-refractivity contribution in [2.24, 2.45) is 0 Å². The molecule has 1 aromatic carbocycles. The minimum absolute atomic E-state index is 0.412. The van der Waals surface area contributed by atoms with Crippen LogP contribution in [0.2, 0.25) is 0 Å². The molecule has 0 aliphatic rings. The van der Waals surface area contributed by atoms with Gasteiger partial charge in [-0.2, -0.15) is 5.10 Å². The van der Waals surface area contributed by atoms with Crippen LogP contribution in [0.3, 0.4) is 0 Å². The normalized spacial score (nSPS) is 12.0. The van der Waals surface area contributed by atoms with Gasteiger partial charge in [-0.25, -0.2) is 4.79 Å². The molecule has 5 heteroatoms. The molecule has 0 unspecified atom stereocenters. The Hall–Kier alpha value is -2.30. The first-order chi connectivity index (χ1) is 9.85. The van der Waals surface area contributed by atoms with Crippen LogP contribution in [0.1, 0.15) is 32.0 Å². The van der Waals surface area contributed by atoms with E-state index in [-0.39, 0.29) is 0 Å². The van der Waals surface area contributed by atoms with E-state index in [1.165, 1.54) is 0 Å². The van der Waals surface area contributed by atoms with Gasteiger partial charge in [-0.15, -0.1) is 0 Å². The number of hydrogen-bond acceptors (Lipinski definition) is 3. The lowest BCUT2D eigenvalue weighted by atomic mass is 10.1. The van der Waals surface area contributed by atoms with Crippen LogP contribution in [-0.2, 0) is 4.74 Å². The third-order valence-corrected chi connectivity index (χ3v) is 2.84. The van der Waals surface area contributed by atoms with Crippen molar-refractivity contribution in [3.05, 3.63) is 35.5 Å². The number of aryl methyl sites for hydroxylation is 1. The molecule has 21 heavy (non-hydrogen) atoms. The molecule has 0 aliphatic carbocycles. The number of alkyl carbamates (subject to hydrolysis) is 1. The molecule has 1 heterocycles. The molecule has 1 amide bonds. The number of nitrogens with zero attached hydrogens (tertiary/aromatic N) is 1. The number of carbonyl (C=O) groups is 1. The Morgan fingerprint density at radius 3 is 2.90 bits per heavy atom. The highest BCUT2D eigenvalue weighted by molar-refractivity contribution is 5.83. The molecule has 0 atom stereocenters. The zero-order chi connectivity index (χ0) is 15.5. The minimum Gasteiger partial charge on any atom is -0.444 e. The zero-order valence-corrected chi connectivity index (χ0v) is 12.9. The van der Waals surface area contributed by atoms with Gasteiger partial charge >= 0.3 is 6.09 Å². The fourth-order valence-electron chi connectivity index (χ4n) is 1.92. The Morgan fingerprint density at radius 1 is 1.43 bits per heavy atom. The lowest BCUT2D eigenvalue weighted by molar-refractivity contribution is 0.0534. The summed E-state index contributed by atoms with van der Waals surface area (Å²) in [5.41, 5.74) is 2.57. The molecule has 2 rings (SSSR count). The van der Waals surface area contributed by atoms with E-state index in [1.807, 2.05) is 58.0 Å². The molecule has 0 fully saturated rings. The molecule has 2 N–H and O–H groups in total. The van der Waals surface area contributed by atoms with E-state index in [1.54, 1.807) is 0 Å². The Bertz CT molecular complexity index is 666. The predicted molar refractivity (Wildman–Crippen MR) is 84.1 cm³/mol. The number of aromatic amines is 1. The van der Waals surface area contributed by atoms with Crippen molar-refractivity contribution in [2.45, 2.75) is 33.3 Å². The first kappa shape index (κ1) is 15.1. The summed E-state index contributed by atoms with van der Waals surface area (Å²) in [5.74, 6) is 0. The Morgan fingerprint density at radius 2 is 2.19 bits per heavy atom. The number of nitrogens with one attached hydrogen (secondary N) is 2. The Labute approximate surface area is 124 Å². The average Bonchev–Trinajstić information content (AvgIpc) is 2.74. The number of ether oxygens (including phenoxy) is 1. The highest BCUT2D eigenvalue weighted by Crippen LogP contribution is 2.17.